The van der Waals surface area contributed by atoms with Crippen LogP contribution in [-0.2, 0) is 6.54 Å². The number of amides is 2. The Morgan fingerprint density at radius 1 is 0.905 bits per heavy atom. The van der Waals surface area contributed by atoms with Crippen LogP contribution in [0.5, 0.6) is 0 Å². The molecule has 5 rings (SSSR count). The number of fused-ring (bicyclic) bond motifs is 1. The number of rotatable bonds is 8. The molecule has 0 aliphatic rings. The molecule has 3 aromatic carbocycles. The van der Waals surface area contributed by atoms with Gasteiger partial charge in [-0.05, 0) is 78.4 Å². The number of aromatic nitrogens is 2. The average Bonchev–Trinajstić information content (AvgIpc) is 3.49. The van der Waals surface area contributed by atoms with E-state index in [0.717, 1.165) is 21.3 Å². The largest absolute Gasteiger partial charge is 0.467 e. The van der Waals surface area contributed by atoms with Gasteiger partial charge in [-0.15, -0.1) is 0 Å². The number of hydrogen-bond acceptors (Lipinski definition) is 4. The fraction of sp³-hybridized carbons (Fsp3) is 0.265. The summed E-state index contributed by atoms with van der Waals surface area (Å²) in [6, 6.07) is 23.7. The number of halogens is 1. The Labute approximate surface area is 254 Å². The summed E-state index contributed by atoms with van der Waals surface area (Å²) < 4.78 is 8.18. The highest BCUT2D eigenvalue weighted by molar-refractivity contribution is 9.10. The zero-order valence-electron chi connectivity index (χ0n) is 24.5. The number of anilines is 1. The number of para-hydroxylation sites is 2. The number of furan rings is 1. The summed E-state index contributed by atoms with van der Waals surface area (Å²) in [7, 11) is 0. The first-order valence-corrected chi connectivity index (χ1v) is 15.0. The minimum absolute atomic E-state index is 0.184. The lowest BCUT2D eigenvalue weighted by molar-refractivity contribution is 0.179. The molecule has 0 saturated carbocycles. The molecule has 1 unspecified atom stereocenters. The van der Waals surface area contributed by atoms with Gasteiger partial charge >= 0.3 is 6.03 Å². The molecule has 0 fully saturated rings. The van der Waals surface area contributed by atoms with Gasteiger partial charge in [-0.25, -0.2) is 9.78 Å². The van der Waals surface area contributed by atoms with Crippen molar-refractivity contribution < 1.29 is 9.21 Å². The van der Waals surface area contributed by atoms with Crippen molar-refractivity contribution in [3.63, 3.8) is 0 Å². The topological polar surface area (TPSA) is 80.4 Å². The van der Waals surface area contributed by atoms with Crippen LogP contribution in [-0.4, -0.2) is 20.5 Å². The first-order chi connectivity index (χ1) is 20.2. The van der Waals surface area contributed by atoms with Gasteiger partial charge in [0, 0.05) is 10.2 Å². The first kappa shape index (κ1) is 29.3. The zero-order chi connectivity index (χ0) is 30.0. The zero-order valence-corrected chi connectivity index (χ0v) is 26.1. The molecule has 0 saturated heterocycles. The van der Waals surface area contributed by atoms with Crippen LogP contribution in [0.3, 0.4) is 0 Å². The quantitative estimate of drug-likeness (QED) is 0.187. The van der Waals surface area contributed by atoms with Gasteiger partial charge in [0.15, 0.2) is 0 Å². The Morgan fingerprint density at radius 2 is 1.57 bits per heavy atom. The van der Waals surface area contributed by atoms with Crippen LogP contribution in [0.25, 0.3) is 16.6 Å². The van der Waals surface area contributed by atoms with Gasteiger partial charge in [-0.3, -0.25) is 9.36 Å². The Morgan fingerprint density at radius 3 is 2.19 bits per heavy atom. The molecule has 216 valence electrons. The summed E-state index contributed by atoms with van der Waals surface area (Å²) in [6.07, 6.45) is 1.59. The average molecular weight is 628 g/mol. The van der Waals surface area contributed by atoms with Gasteiger partial charge in [0.2, 0.25) is 0 Å². The minimum Gasteiger partial charge on any atom is -0.467 e. The SMILES string of the molecule is CC(C)c1cccc(C(C)C)c1NC(=O)N(Cc1ccco1)C(C)c1nc2ccccc2c(=O)n1-c1ccc(Br)cc1. The number of hydrogen-bond donors (Lipinski definition) is 1. The van der Waals surface area contributed by atoms with E-state index in [1.54, 1.807) is 27.9 Å². The van der Waals surface area contributed by atoms with Gasteiger partial charge in [-0.1, -0.05) is 74.0 Å². The van der Waals surface area contributed by atoms with E-state index in [-0.39, 0.29) is 30.0 Å². The highest BCUT2D eigenvalue weighted by Crippen LogP contribution is 2.34. The molecule has 7 nitrogen and oxygen atoms in total. The van der Waals surface area contributed by atoms with Gasteiger partial charge in [0.25, 0.3) is 5.56 Å². The standard InChI is InChI=1S/C34H35BrN4O3/c1-21(2)27-12-8-13-28(22(3)4)31(27)37-34(41)38(20-26-10-9-19-42-26)23(5)32-36-30-14-7-6-11-29(30)33(40)39(32)25-17-15-24(35)16-18-25/h6-19,21-23H,20H2,1-5H3,(H,37,41). The van der Waals surface area contributed by atoms with E-state index in [1.807, 2.05) is 61.5 Å². The minimum atomic E-state index is -0.607. The Hall–Kier alpha value is -4.17. The summed E-state index contributed by atoms with van der Waals surface area (Å²) in [5, 5.41) is 3.75. The molecule has 2 heterocycles. The number of carbonyl (C=O) groups excluding carboxylic acids is 1. The molecule has 1 N–H and O–H groups in total. The maximum atomic E-state index is 14.3. The van der Waals surface area contributed by atoms with Crippen molar-refractivity contribution in [3.05, 3.63) is 123 Å². The van der Waals surface area contributed by atoms with Crippen molar-refractivity contribution in [2.45, 2.75) is 59.0 Å². The van der Waals surface area contributed by atoms with E-state index in [0.29, 0.717) is 28.2 Å². The van der Waals surface area contributed by atoms with Crippen molar-refractivity contribution in [3.8, 4) is 5.69 Å². The molecule has 0 aliphatic carbocycles. The molecular weight excluding hydrogens is 592 g/mol. The normalized spacial score (nSPS) is 12.2. The van der Waals surface area contributed by atoms with E-state index in [2.05, 4.69) is 61.1 Å². The predicted octanol–water partition coefficient (Wildman–Crippen LogP) is 8.78. The van der Waals surface area contributed by atoms with Crippen molar-refractivity contribution in [2.75, 3.05) is 5.32 Å². The van der Waals surface area contributed by atoms with Crippen LogP contribution >= 0.6 is 15.9 Å². The monoisotopic (exact) mass is 626 g/mol. The summed E-state index contributed by atoms with van der Waals surface area (Å²) in [4.78, 5) is 34.9. The van der Waals surface area contributed by atoms with Crippen LogP contribution in [0.4, 0.5) is 10.5 Å². The fourth-order valence-electron chi connectivity index (χ4n) is 5.24. The molecule has 8 heteroatoms. The van der Waals surface area contributed by atoms with Gasteiger partial charge in [-0.2, -0.15) is 0 Å². The number of urea groups is 1. The van der Waals surface area contributed by atoms with E-state index in [1.165, 1.54) is 0 Å². The van der Waals surface area contributed by atoms with E-state index >= 15 is 0 Å². The summed E-state index contributed by atoms with van der Waals surface area (Å²) in [5.74, 6) is 1.49. The molecule has 0 bridgehead atoms. The predicted molar refractivity (Wildman–Crippen MR) is 171 cm³/mol. The second-order valence-corrected chi connectivity index (χ2v) is 12.0. The molecule has 0 aliphatic heterocycles. The van der Waals surface area contributed by atoms with Crippen molar-refractivity contribution in [1.82, 2.24) is 14.5 Å². The summed E-state index contributed by atoms with van der Waals surface area (Å²) >= 11 is 3.49. The summed E-state index contributed by atoms with van der Waals surface area (Å²) in [5.41, 5.74) is 3.99. The van der Waals surface area contributed by atoms with Gasteiger partial charge < -0.3 is 14.6 Å². The third-order valence-corrected chi connectivity index (χ3v) is 8.03. The van der Waals surface area contributed by atoms with Crippen LogP contribution in [0.2, 0.25) is 0 Å². The van der Waals surface area contributed by atoms with E-state index in [9.17, 15) is 9.59 Å². The lowest BCUT2D eigenvalue weighted by Gasteiger charge is -2.31. The molecule has 2 amide bonds. The number of nitrogens with zero attached hydrogens (tertiary/aromatic N) is 3. The van der Waals surface area contributed by atoms with Crippen LogP contribution in [0, 0.1) is 0 Å². The molecular formula is C34H35BrN4O3. The third-order valence-electron chi connectivity index (χ3n) is 7.50. The number of benzene rings is 3. The van der Waals surface area contributed by atoms with E-state index < -0.39 is 6.04 Å². The summed E-state index contributed by atoms with van der Waals surface area (Å²) in [6.45, 7) is 10.6. The molecule has 2 aromatic heterocycles. The Kier molecular flexibility index (Phi) is 8.64. The van der Waals surface area contributed by atoms with Gasteiger partial charge in [0.05, 0.1) is 35.4 Å². The molecule has 1 atom stereocenters. The van der Waals surface area contributed by atoms with Crippen LogP contribution in [0.1, 0.15) is 75.2 Å². The Bertz CT molecular complexity index is 1730. The maximum Gasteiger partial charge on any atom is 0.322 e. The van der Waals surface area contributed by atoms with Crippen LogP contribution < -0.4 is 10.9 Å². The highest BCUT2D eigenvalue weighted by Gasteiger charge is 2.29. The maximum absolute atomic E-state index is 14.3. The number of nitrogens with one attached hydrogen (secondary N) is 1. The third kappa shape index (κ3) is 5.90. The lowest BCUT2D eigenvalue weighted by atomic mass is 9.92. The van der Waals surface area contributed by atoms with Crippen LogP contribution in [0.15, 0.2) is 98.8 Å². The lowest BCUT2D eigenvalue weighted by Crippen LogP contribution is -2.39. The Balaban J connectivity index is 1.66. The molecule has 0 radical (unpaired) electrons. The van der Waals surface area contributed by atoms with Gasteiger partial charge in [0.1, 0.15) is 11.6 Å². The van der Waals surface area contributed by atoms with E-state index in [4.69, 9.17) is 9.40 Å². The number of carbonyl (C=O) groups is 1. The second-order valence-electron chi connectivity index (χ2n) is 11.0. The first-order valence-electron chi connectivity index (χ1n) is 14.2. The highest BCUT2D eigenvalue weighted by atomic mass is 79.9. The second kappa shape index (κ2) is 12.4. The smallest absolute Gasteiger partial charge is 0.322 e. The van der Waals surface area contributed by atoms with Crippen molar-refractivity contribution in [1.29, 1.82) is 0 Å². The van der Waals surface area contributed by atoms with Crippen molar-refractivity contribution in [2.24, 2.45) is 0 Å². The molecule has 5 aromatic rings. The van der Waals surface area contributed by atoms with Crippen molar-refractivity contribution >= 4 is 38.6 Å². The molecule has 0 spiro atoms. The molecule has 42 heavy (non-hydrogen) atoms. The fourth-order valence-corrected chi connectivity index (χ4v) is 5.50.